The van der Waals surface area contributed by atoms with Crippen LogP contribution < -0.4 is 5.32 Å². The normalized spacial score (nSPS) is 10.1. The molecule has 1 rings (SSSR count). The van der Waals surface area contributed by atoms with E-state index in [1.54, 1.807) is 38.1 Å². The van der Waals surface area contributed by atoms with E-state index < -0.39 is 18.0 Å². The minimum atomic E-state index is -1.15. The molecule has 1 aromatic rings. The van der Waals surface area contributed by atoms with Gasteiger partial charge in [0.1, 0.15) is 0 Å². The van der Waals surface area contributed by atoms with Crippen molar-refractivity contribution in [2.24, 2.45) is 0 Å². The highest BCUT2D eigenvalue weighted by Crippen LogP contribution is 2.15. The molecule has 19 heavy (non-hydrogen) atoms. The average Bonchev–Trinajstić information content (AvgIpc) is 2.38. The second-order valence-corrected chi connectivity index (χ2v) is 4.50. The lowest BCUT2D eigenvalue weighted by Gasteiger charge is -2.16. The fourth-order valence-corrected chi connectivity index (χ4v) is 1.64. The number of ether oxygens (including phenoxy) is 2. The Morgan fingerprint density at radius 2 is 1.58 bits per heavy atom. The first-order valence-electron chi connectivity index (χ1n) is 5.93. The molecule has 6 heteroatoms. The molecule has 5 nitrogen and oxygen atoms in total. The molecule has 1 N–H and O–H groups in total. The van der Waals surface area contributed by atoms with Crippen LogP contribution in [-0.4, -0.2) is 31.2 Å². The highest BCUT2D eigenvalue weighted by Gasteiger charge is 2.29. The van der Waals surface area contributed by atoms with Gasteiger partial charge in [0.05, 0.1) is 13.2 Å². The number of benzene rings is 1. The average molecular weight is 330 g/mol. The molecule has 0 saturated heterocycles. The number of hydrogen-bond acceptors (Lipinski definition) is 5. The SMILES string of the molecule is CCOC(=O)C(Nc1ccc(Br)cc1)C(=O)OCC. The van der Waals surface area contributed by atoms with Crippen LogP contribution in [-0.2, 0) is 19.1 Å². The van der Waals surface area contributed by atoms with Crippen LogP contribution in [0.1, 0.15) is 13.8 Å². The van der Waals surface area contributed by atoms with Gasteiger partial charge in [0.25, 0.3) is 0 Å². The van der Waals surface area contributed by atoms with Gasteiger partial charge in [0, 0.05) is 10.2 Å². The maximum Gasteiger partial charge on any atom is 0.340 e. The third-order valence-electron chi connectivity index (χ3n) is 2.20. The first kappa shape index (κ1) is 15.5. The highest BCUT2D eigenvalue weighted by molar-refractivity contribution is 9.10. The summed E-state index contributed by atoms with van der Waals surface area (Å²) >= 11 is 3.31. The molecular weight excluding hydrogens is 314 g/mol. The van der Waals surface area contributed by atoms with E-state index in [1.165, 1.54) is 0 Å². The van der Waals surface area contributed by atoms with E-state index in [4.69, 9.17) is 9.47 Å². The minimum Gasteiger partial charge on any atom is -0.464 e. The fourth-order valence-electron chi connectivity index (χ4n) is 1.38. The summed E-state index contributed by atoms with van der Waals surface area (Å²) in [4.78, 5) is 23.5. The van der Waals surface area contributed by atoms with E-state index in [2.05, 4.69) is 21.2 Å². The van der Waals surface area contributed by atoms with Crippen molar-refractivity contribution in [3.63, 3.8) is 0 Å². The summed E-state index contributed by atoms with van der Waals surface area (Å²) in [6.07, 6.45) is 0. The first-order valence-corrected chi connectivity index (χ1v) is 6.73. The van der Waals surface area contributed by atoms with Crippen LogP contribution in [0.15, 0.2) is 28.7 Å². The predicted octanol–water partition coefficient (Wildman–Crippen LogP) is 2.36. The molecule has 0 spiro atoms. The summed E-state index contributed by atoms with van der Waals surface area (Å²) < 4.78 is 10.6. The van der Waals surface area contributed by atoms with Crippen molar-refractivity contribution in [2.45, 2.75) is 19.9 Å². The summed E-state index contributed by atoms with van der Waals surface area (Å²) in [5, 5.41) is 2.81. The lowest BCUT2D eigenvalue weighted by Crippen LogP contribution is -2.40. The highest BCUT2D eigenvalue weighted by atomic mass is 79.9. The third kappa shape index (κ3) is 4.90. The zero-order chi connectivity index (χ0) is 14.3. The minimum absolute atomic E-state index is 0.205. The molecule has 0 amide bonds. The Balaban J connectivity index is 2.81. The summed E-state index contributed by atoms with van der Waals surface area (Å²) in [7, 11) is 0. The Morgan fingerprint density at radius 1 is 1.11 bits per heavy atom. The van der Waals surface area contributed by atoms with Crippen molar-refractivity contribution in [3.8, 4) is 0 Å². The molecule has 0 aliphatic heterocycles. The molecule has 0 aliphatic rings. The van der Waals surface area contributed by atoms with E-state index in [-0.39, 0.29) is 13.2 Å². The molecule has 0 aliphatic carbocycles. The van der Waals surface area contributed by atoms with Crippen LogP contribution >= 0.6 is 15.9 Å². The number of carbonyl (C=O) groups excluding carboxylic acids is 2. The smallest absolute Gasteiger partial charge is 0.340 e. The topological polar surface area (TPSA) is 64.6 Å². The van der Waals surface area contributed by atoms with Crippen LogP contribution in [0.3, 0.4) is 0 Å². The van der Waals surface area contributed by atoms with Gasteiger partial charge in [0.15, 0.2) is 0 Å². The van der Waals surface area contributed by atoms with Crippen LogP contribution in [0.25, 0.3) is 0 Å². The molecule has 104 valence electrons. The summed E-state index contributed by atoms with van der Waals surface area (Å²) in [5.74, 6) is -1.30. The quantitative estimate of drug-likeness (QED) is 0.641. The second kappa shape index (κ2) is 7.78. The van der Waals surface area contributed by atoms with Gasteiger partial charge in [-0.1, -0.05) is 15.9 Å². The van der Waals surface area contributed by atoms with E-state index in [1.807, 2.05) is 0 Å². The molecule has 0 heterocycles. The number of rotatable bonds is 6. The molecule has 0 atom stereocenters. The van der Waals surface area contributed by atoms with Crippen LogP contribution in [0.2, 0.25) is 0 Å². The fraction of sp³-hybridized carbons (Fsp3) is 0.385. The van der Waals surface area contributed by atoms with E-state index >= 15 is 0 Å². The Hall–Kier alpha value is -1.56. The number of anilines is 1. The summed E-state index contributed by atoms with van der Waals surface area (Å²) in [5.41, 5.74) is 0.634. The van der Waals surface area contributed by atoms with Crippen molar-refractivity contribution in [2.75, 3.05) is 18.5 Å². The maximum atomic E-state index is 11.7. The Kier molecular flexibility index (Phi) is 6.35. The zero-order valence-corrected chi connectivity index (χ0v) is 12.4. The molecule has 0 fully saturated rings. The van der Waals surface area contributed by atoms with Gasteiger partial charge in [-0.3, -0.25) is 0 Å². The van der Waals surface area contributed by atoms with E-state index in [9.17, 15) is 9.59 Å². The van der Waals surface area contributed by atoms with Gasteiger partial charge in [-0.2, -0.15) is 0 Å². The van der Waals surface area contributed by atoms with Crippen molar-refractivity contribution < 1.29 is 19.1 Å². The molecule has 0 aromatic heterocycles. The van der Waals surface area contributed by atoms with E-state index in [0.29, 0.717) is 5.69 Å². The van der Waals surface area contributed by atoms with Crippen LogP contribution in [0.5, 0.6) is 0 Å². The van der Waals surface area contributed by atoms with Gasteiger partial charge in [-0.15, -0.1) is 0 Å². The molecule has 0 radical (unpaired) electrons. The van der Waals surface area contributed by atoms with Gasteiger partial charge in [-0.25, -0.2) is 9.59 Å². The largest absolute Gasteiger partial charge is 0.464 e. The van der Waals surface area contributed by atoms with Gasteiger partial charge in [-0.05, 0) is 38.1 Å². The Morgan fingerprint density at radius 3 is 2.00 bits per heavy atom. The van der Waals surface area contributed by atoms with Crippen molar-refractivity contribution in [3.05, 3.63) is 28.7 Å². The number of carbonyl (C=O) groups is 2. The second-order valence-electron chi connectivity index (χ2n) is 3.59. The van der Waals surface area contributed by atoms with Gasteiger partial charge < -0.3 is 14.8 Å². The Labute approximate surface area is 120 Å². The predicted molar refractivity (Wildman–Crippen MR) is 74.8 cm³/mol. The lowest BCUT2D eigenvalue weighted by atomic mass is 10.2. The molecule has 0 saturated carbocycles. The van der Waals surface area contributed by atoms with Crippen LogP contribution in [0, 0.1) is 0 Å². The van der Waals surface area contributed by atoms with Crippen molar-refractivity contribution in [1.82, 2.24) is 0 Å². The molecular formula is C13H16BrNO4. The standard InChI is InChI=1S/C13H16BrNO4/c1-3-18-12(16)11(13(17)19-4-2)15-10-7-5-9(14)6-8-10/h5-8,11,15H,3-4H2,1-2H3. The zero-order valence-electron chi connectivity index (χ0n) is 10.8. The Bertz CT molecular complexity index is 415. The lowest BCUT2D eigenvalue weighted by molar-refractivity contribution is -0.155. The number of nitrogens with one attached hydrogen (secondary N) is 1. The molecule has 0 bridgehead atoms. The van der Waals surface area contributed by atoms with Gasteiger partial charge >= 0.3 is 11.9 Å². The molecule has 0 unspecified atom stereocenters. The van der Waals surface area contributed by atoms with Gasteiger partial charge in [0.2, 0.25) is 6.04 Å². The van der Waals surface area contributed by atoms with Crippen molar-refractivity contribution >= 4 is 33.6 Å². The first-order chi connectivity index (χ1) is 9.08. The van der Waals surface area contributed by atoms with Crippen molar-refractivity contribution in [1.29, 1.82) is 0 Å². The number of esters is 2. The summed E-state index contributed by atoms with van der Waals surface area (Å²) in [6.45, 7) is 3.77. The maximum absolute atomic E-state index is 11.7. The number of halogens is 1. The number of hydrogen-bond donors (Lipinski definition) is 1. The molecule has 1 aromatic carbocycles. The van der Waals surface area contributed by atoms with E-state index in [0.717, 1.165) is 4.47 Å². The third-order valence-corrected chi connectivity index (χ3v) is 2.73. The monoisotopic (exact) mass is 329 g/mol. The summed E-state index contributed by atoms with van der Waals surface area (Å²) in [6, 6.07) is 5.94. The van der Waals surface area contributed by atoms with Crippen LogP contribution in [0.4, 0.5) is 5.69 Å².